The van der Waals surface area contributed by atoms with Crippen molar-refractivity contribution in [1.82, 2.24) is 0 Å². The Balaban J connectivity index is 2.33. The molecule has 3 aliphatic rings. The zero-order valence-electron chi connectivity index (χ0n) is 25.0. The minimum Gasteiger partial charge on any atom is -0.462 e. The Morgan fingerprint density at radius 2 is 1.49 bits per heavy atom. The van der Waals surface area contributed by atoms with Crippen LogP contribution in [0, 0.1) is 34.5 Å². The lowest BCUT2D eigenvalue weighted by atomic mass is 9.48. The number of ether oxygens (including phenoxy) is 3. The van der Waals surface area contributed by atoms with Crippen molar-refractivity contribution in [2.45, 2.75) is 112 Å². The minimum atomic E-state index is -0.843. The van der Waals surface area contributed by atoms with Crippen LogP contribution in [0.3, 0.4) is 0 Å². The van der Waals surface area contributed by atoms with Crippen molar-refractivity contribution < 1.29 is 38.5 Å². The van der Waals surface area contributed by atoms with Crippen LogP contribution in [-0.4, -0.2) is 53.2 Å². The standard InChI is InChI=1S/C31H46O8/c1-15-13-22(28(36)16(2)18(4)32)27-29(39-21(7)35)26-17(3)23(37-19(5)33)11-12-31(26,10)14-24(38-20(6)34)25(15)30(27,8)9/h16,18,22-24,26-27,29,32H,3,11-14H2,1-2,4-10H3/t16?,18?,22-,23-,24-,26-,27-,29-,31-/m0/s1. The maximum atomic E-state index is 14.0. The number of Topliss-reactive ketones (excluding diaryl/α,β-unsaturated/α-hetero) is 1. The number of carbonyl (C=O) groups is 4. The second-order valence-electron chi connectivity index (χ2n) is 12.9. The highest BCUT2D eigenvalue weighted by Gasteiger charge is 2.61. The fraction of sp³-hybridized carbons (Fsp3) is 0.742. The van der Waals surface area contributed by atoms with Crippen molar-refractivity contribution in [2.24, 2.45) is 34.5 Å². The number of fused-ring (bicyclic) bond motifs is 3. The molecule has 3 rings (SSSR count). The molecular formula is C31H46O8. The van der Waals surface area contributed by atoms with E-state index >= 15 is 0 Å². The molecule has 39 heavy (non-hydrogen) atoms. The van der Waals surface area contributed by atoms with Crippen molar-refractivity contribution >= 4 is 23.7 Å². The summed E-state index contributed by atoms with van der Waals surface area (Å²) in [6.07, 6.45) is -0.641. The van der Waals surface area contributed by atoms with Crippen LogP contribution >= 0.6 is 0 Å². The molecule has 0 heterocycles. The molecule has 9 atom stereocenters. The first-order chi connectivity index (χ1) is 17.9. The monoisotopic (exact) mass is 546 g/mol. The maximum absolute atomic E-state index is 14.0. The van der Waals surface area contributed by atoms with Crippen LogP contribution in [0.5, 0.6) is 0 Å². The molecule has 3 aliphatic carbocycles. The predicted molar refractivity (Wildman–Crippen MR) is 145 cm³/mol. The molecule has 1 N–H and O–H groups in total. The van der Waals surface area contributed by atoms with Gasteiger partial charge in [0.05, 0.1) is 6.10 Å². The Morgan fingerprint density at radius 3 is 2.00 bits per heavy atom. The van der Waals surface area contributed by atoms with E-state index in [1.54, 1.807) is 13.8 Å². The Morgan fingerprint density at radius 1 is 0.949 bits per heavy atom. The molecule has 2 fully saturated rings. The Labute approximate surface area is 232 Å². The maximum Gasteiger partial charge on any atom is 0.303 e. The molecule has 0 saturated heterocycles. The second-order valence-corrected chi connectivity index (χ2v) is 12.9. The summed E-state index contributed by atoms with van der Waals surface area (Å²) in [6, 6.07) is 0. The highest BCUT2D eigenvalue weighted by atomic mass is 16.6. The molecule has 2 saturated carbocycles. The van der Waals surface area contributed by atoms with Gasteiger partial charge in [-0.3, -0.25) is 19.2 Å². The second kappa shape index (κ2) is 11.2. The summed E-state index contributed by atoms with van der Waals surface area (Å²) in [5, 5.41) is 10.3. The zero-order valence-corrected chi connectivity index (χ0v) is 25.0. The molecule has 0 aromatic heterocycles. The van der Waals surface area contributed by atoms with Gasteiger partial charge >= 0.3 is 17.9 Å². The first kappa shape index (κ1) is 31.1. The number of carbonyl (C=O) groups excluding carboxylic acids is 4. The molecule has 8 nitrogen and oxygen atoms in total. The number of hydrogen-bond donors (Lipinski definition) is 1. The fourth-order valence-corrected chi connectivity index (χ4v) is 7.97. The van der Waals surface area contributed by atoms with Gasteiger partial charge in [0.25, 0.3) is 0 Å². The van der Waals surface area contributed by atoms with Crippen LogP contribution in [0.4, 0.5) is 0 Å². The summed E-state index contributed by atoms with van der Waals surface area (Å²) in [5.41, 5.74) is 1.34. The molecule has 0 spiro atoms. The first-order valence-corrected chi connectivity index (χ1v) is 14.0. The van der Waals surface area contributed by atoms with Gasteiger partial charge in [-0.2, -0.15) is 0 Å². The summed E-state index contributed by atoms with van der Waals surface area (Å²) < 4.78 is 17.9. The minimum absolute atomic E-state index is 0.0945. The molecule has 0 amide bonds. The van der Waals surface area contributed by atoms with E-state index in [-0.39, 0.29) is 5.78 Å². The van der Waals surface area contributed by atoms with Gasteiger partial charge in [-0.15, -0.1) is 0 Å². The van der Waals surface area contributed by atoms with Gasteiger partial charge in [0.2, 0.25) is 0 Å². The van der Waals surface area contributed by atoms with Gasteiger partial charge in [0, 0.05) is 44.4 Å². The van der Waals surface area contributed by atoms with Crippen molar-refractivity contribution in [2.75, 3.05) is 0 Å². The van der Waals surface area contributed by atoms with E-state index in [4.69, 9.17) is 14.2 Å². The highest BCUT2D eigenvalue weighted by molar-refractivity contribution is 5.85. The Hall–Kier alpha value is -2.48. The Bertz CT molecular complexity index is 1070. The van der Waals surface area contributed by atoms with Crippen molar-refractivity contribution in [3.05, 3.63) is 23.3 Å². The Kier molecular flexibility index (Phi) is 8.90. The predicted octanol–water partition coefficient (Wildman–Crippen LogP) is 4.72. The number of rotatable bonds is 6. The third kappa shape index (κ3) is 5.86. The summed E-state index contributed by atoms with van der Waals surface area (Å²) >= 11 is 0. The normalized spacial score (nSPS) is 35.5. The number of aliphatic hydroxyl groups excluding tert-OH is 1. The number of allylic oxidation sites excluding steroid dienone is 1. The molecule has 8 heteroatoms. The SMILES string of the molecule is C=C1[C@@H](OC(C)=O)CC[C@@]2(C)C[C@H](OC(C)=O)C3=C(C)C[C@H](C(=O)C(C)C(C)O)[C@@H]([C@@H](OC(C)=O)[C@H]12)C3(C)C. The molecule has 0 aromatic rings. The largest absolute Gasteiger partial charge is 0.462 e. The third-order valence-corrected chi connectivity index (χ3v) is 9.60. The molecule has 218 valence electrons. The molecule has 0 radical (unpaired) electrons. The average molecular weight is 547 g/mol. The van der Waals surface area contributed by atoms with Gasteiger partial charge in [-0.25, -0.2) is 0 Å². The van der Waals surface area contributed by atoms with Crippen LogP contribution in [0.15, 0.2) is 23.3 Å². The van der Waals surface area contributed by atoms with Crippen LogP contribution in [0.25, 0.3) is 0 Å². The van der Waals surface area contributed by atoms with Gasteiger partial charge in [0.15, 0.2) is 0 Å². The lowest BCUT2D eigenvalue weighted by Crippen LogP contribution is -2.60. The molecule has 2 bridgehead atoms. The number of ketones is 1. The van der Waals surface area contributed by atoms with E-state index in [1.807, 2.05) is 20.8 Å². The van der Waals surface area contributed by atoms with Gasteiger partial charge in [-0.1, -0.05) is 39.8 Å². The van der Waals surface area contributed by atoms with Crippen molar-refractivity contribution in [3.8, 4) is 0 Å². The van der Waals surface area contributed by atoms with Crippen LogP contribution in [0.1, 0.15) is 88.0 Å². The number of hydrogen-bond acceptors (Lipinski definition) is 8. The average Bonchev–Trinajstić information content (AvgIpc) is 2.77. The summed E-state index contributed by atoms with van der Waals surface area (Å²) in [4.78, 5) is 51.0. The third-order valence-electron chi connectivity index (χ3n) is 9.60. The van der Waals surface area contributed by atoms with E-state index in [0.717, 1.165) is 11.1 Å². The topological polar surface area (TPSA) is 116 Å². The quantitative estimate of drug-likeness (QED) is 0.289. The first-order valence-electron chi connectivity index (χ1n) is 14.0. The smallest absolute Gasteiger partial charge is 0.303 e. The lowest BCUT2D eigenvalue weighted by Gasteiger charge is -2.59. The summed E-state index contributed by atoms with van der Waals surface area (Å²) in [6.45, 7) is 19.9. The van der Waals surface area contributed by atoms with Crippen LogP contribution < -0.4 is 0 Å². The van der Waals surface area contributed by atoms with E-state index in [0.29, 0.717) is 31.3 Å². The van der Waals surface area contributed by atoms with Gasteiger partial charge in [0.1, 0.15) is 24.1 Å². The zero-order chi connectivity index (χ0) is 29.6. The van der Waals surface area contributed by atoms with E-state index in [2.05, 4.69) is 13.5 Å². The van der Waals surface area contributed by atoms with Crippen LogP contribution in [0.2, 0.25) is 0 Å². The molecule has 0 aromatic carbocycles. The molecule has 0 aliphatic heterocycles. The lowest BCUT2D eigenvalue weighted by molar-refractivity contribution is -0.177. The molecule has 2 unspecified atom stereocenters. The molecular weight excluding hydrogens is 500 g/mol. The van der Waals surface area contributed by atoms with Crippen molar-refractivity contribution in [3.63, 3.8) is 0 Å². The van der Waals surface area contributed by atoms with Crippen molar-refractivity contribution in [1.29, 1.82) is 0 Å². The van der Waals surface area contributed by atoms with E-state index < -0.39 is 76.8 Å². The number of aliphatic hydroxyl groups is 1. The van der Waals surface area contributed by atoms with Gasteiger partial charge < -0.3 is 19.3 Å². The van der Waals surface area contributed by atoms with E-state index in [9.17, 15) is 24.3 Å². The van der Waals surface area contributed by atoms with E-state index in [1.165, 1.54) is 20.8 Å². The number of esters is 3. The summed E-state index contributed by atoms with van der Waals surface area (Å²) in [7, 11) is 0. The highest BCUT2D eigenvalue weighted by Crippen LogP contribution is 2.61. The van der Waals surface area contributed by atoms with Crippen LogP contribution in [-0.2, 0) is 33.4 Å². The fourth-order valence-electron chi connectivity index (χ4n) is 7.97. The summed E-state index contributed by atoms with van der Waals surface area (Å²) in [5.74, 6) is -3.51. The van der Waals surface area contributed by atoms with Gasteiger partial charge in [-0.05, 0) is 61.5 Å².